The minimum absolute atomic E-state index is 0.0100. The molecule has 0 aromatic heterocycles. The second-order valence-corrected chi connectivity index (χ2v) is 12.7. The third-order valence-corrected chi connectivity index (χ3v) is 9.60. The quantitative estimate of drug-likeness (QED) is 0.206. The number of methoxy groups -OCH3 is 1. The van der Waals surface area contributed by atoms with Crippen LogP contribution >= 0.6 is 23.2 Å². The molecule has 0 saturated carbocycles. The minimum Gasteiger partial charge on any atom is -0.495 e. The Hall–Kier alpha value is -4.05. The average Bonchev–Trinajstić information content (AvgIpc) is 3.03. The molecule has 0 heterocycles. The summed E-state index contributed by atoms with van der Waals surface area (Å²) in [7, 11) is -1.37. The van der Waals surface area contributed by atoms with Crippen LogP contribution in [0.3, 0.4) is 0 Å². The molecule has 0 radical (unpaired) electrons. The van der Waals surface area contributed by atoms with E-state index in [-0.39, 0.29) is 29.3 Å². The van der Waals surface area contributed by atoms with Crippen LogP contribution in [0.15, 0.2) is 102 Å². The Bertz CT molecular complexity index is 1700. The zero-order chi connectivity index (χ0) is 31.9. The van der Waals surface area contributed by atoms with Gasteiger partial charge in [-0.1, -0.05) is 83.9 Å². The molecule has 1 atom stereocenters. The maximum absolute atomic E-state index is 14.5. The monoisotopic (exact) mass is 653 g/mol. The fraction of sp³-hybridized carbons (Fsp3) is 0.212. The van der Waals surface area contributed by atoms with Crippen LogP contribution in [0.4, 0.5) is 5.69 Å². The van der Waals surface area contributed by atoms with Gasteiger partial charge in [-0.05, 0) is 54.4 Å². The maximum Gasteiger partial charge on any atom is 0.264 e. The molecule has 0 saturated heterocycles. The van der Waals surface area contributed by atoms with Crippen LogP contribution in [0.5, 0.6) is 5.75 Å². The van der Waals surface area contributed by atoms with Crippen LogP contribution in [0.1, 0.15) is 16.7 Å². The van der Waals surface area contributed by atoms with Crippen molar-refractivity contribution in [3.8, 4) is 5.75 Å². The van der Waals surface area contributed by atoms with Crippen LogP contribution in [0.2, 0.25) is 10.0 Å². The van der Waals surface area contributed by atoms with Gasteiger partial charge in [0.2, 0.25) is 11.8 Å². The average molecular weight is 655 g/mol. The SMILES string of the molecule is CNC(=O)C(Cc1ccccc1)N(Cc1c(Cl)cccc1Cl)C(=O)CN(c1cc(C)ccc1OC)S(=O)(=O)c1ccccc1. The van der Waals surface area contributed by atoms with Crippen molar-refractivity contribution in [3.63, 3.8) is 0 Å². The molecule has 0 bridgehead atoms. The summed E-state index contributed by atoms with van der Waals surface area (Å²) in [6.45, 7) is 1.03. The van der Waals surface area contributed by atoms with E-state index in [0.29, 0.717) is 15.6 Å². The van der Waals surface area contributed by atoms with Crippen LogP contribution in [-0.2, 0) is 32.6 Å². The second-order valence-electron chi connectivity index (χ2n) is 10.0. The highest BCUT2D eigenvalue weighted by atomic mass is 35.5. The normalized spacial score (nSPS) is 11.8. The van der Waals surface area contributed by atoms with Gasteiger partial charge in [0.25, 0.3) is 10.0 Å². The van der Waals surface area contributed by atoms with Gasteiger partial charge in [-0.2, -0.15) is 0 Å². The highest BCUT2D eigenvalue weighted by Crippen LogP contribution is 2.34. The maximum atomic E-state index is 14.5. The van der Waals surface area contributed by atoms with Crippen molar-refractivity contribution in [2.75, 3.05) is 25.0 Å². The zero-order valence-corrected chi connectivity index (χ0v) is 26.9. The fourth-order valence-corrected chi connectivity index (χ4v) is 6.76. The highest BCUT2D eigenvalue weighted by Gasteiger charge is 2.35. The number of carbonyl (C=O) groups excluding carboxylic acids is 2. The molecule has 4 rings (SSSR count). The van der Waals surface area contributed by atoms with Gasteiger partial charge in [-0.3, -0.25) is 13.9 Å². The number of anilines is 1. The molecule has 1 unspecified atom stereocenters. The third kappa shape index (κ3) is 7.53. The van der Waals surface area contributed by atoms with Crippen molar-refractivity contribution in [3.05, 3.63) is 124 Å². The first-order valence-electron chi connectivity index (χ1n) is 13.8. The van der Waals surface area contributed by atoms with Gasteiger partial charge in [-0.25, -0.2) is 8.42 Å². The lowest BCUT2D eigenvalue weighted by Gasteiger charge is -2.34. The van der Waals surface area contributed by atoms with Gasteiger partial charge in [0.05, 0.1) is 17.7 Å². The Morgan fingerprint density at radius 1 is 0.886 bits per heavy atom. The summed E-state index contributed by atoms with van der Waals surface area (Å²) >= 11 is 13.0. The summed E-state index contributed by atoms with van der Waals surface area (Å²) in [6, 6.07) is 26.1. The number of aryl methyl sites for hydroxylation is 1. The molecule has 2 amide bonds. The number of hydrogen-bond donors (Lipinski definition) is 1. The van der Waals surface area contributed by atoms with Crippen LogP contribution in [0, 0.1) is 6.92 Å². The van der Waals surface area contributed by atoms with Crippen LogP contribution in [-0.4, -0.2) is 51.9 Å². The van der Waals surface area contributed by atoms with E-state index in [9.17, 15) is 18.0 Å². The number of carbonyl (C=O) groups is 2. The molecule has 8 nitrogen and oxygen atoms in total. The molecule has 0 fully saturated rings. The van der Waals surface area contributed by atoms with Crippen molar-refractivity contribution in [1.82, 2.24) is 10.2 Å². The number of halogens is 2. The lowest BCUT2D eigenvalue weighted by Crippen LogP contribution is -2.53. The van der Waals surface area contributed by atoms with E-state index in [1.54, 1.807) is 54.6 Å². The number of benzene rings is 4. The molecule has 230 valence electrons. The summed E-state index contributed by atoms with van der Waals surface area (Å²) in [5.74, 6) is -0.819. The van der Waals surface area contributed by atoms with Gasteiger partial charge in [-0.15, -0.1) is 0 Å². The van der Waals surface area contributed by atoms with Gasteiger partial charge < -0.3 is 15.0 Å². The molecule has 44 heavy (non-hydrogen) atoms. The van der Waals surface area contributed by atoms with Crippen molar-refractivity contribution in [2.45, 2.75) is 30.8 Å². The lowest BCUT2D eigenvalue weighted by atomic mass is 10.0. The second kappa shape index (κ2) is 14.6. The molecular formula is C33H33Cl2N3O5S. The van der Waals surface area contributed by atoms with E-state index < -0.39 is 34.4 Å². The number of likely N-dealkylation sites (N-methyl/N-ethyl adjacent to an activating group) is 1. The van der Waals surface area contributed by atoms with Crippen molar-refractivity contribution in [1.29, 1.82) is 0 Å². The van der Waals surface area contributed by atoms with Crippen molar-refractivity contribution >= 4 is 50.7 Å². The van der Waals surface area contributed by atoms with Crippen molar-refractivity contribution in [2.24, 2.45) is 0 Å². The lowest BCUT2D eigenvalue weighted by molar-refractivity contribution is -0.139. The standard InChI is InChI=1S/C33H33Cl2N3O5S/c1-23-17-18-31(43-3)29(19-23)38(44(41,42)25-13-8-5-9-14-25)22-32(39)37(21-26-27(34)15-10-16-28(26)35)30(33(40)36-2)20-24-11-6-4-7-12-24/h4-19,30H,20-22H2,1-3H3,(H,36,40). The number of amides is 2. The van der Waals surface area contributed by atoms with E-state index >= 15 is 0 Å². The van der Waals surface area contributed by atoms with Gasteiger partial charge >= 0.3 is 0 Å². The molecule has 4 aromatic carbocycles. The van der Waals surface area contributed by atoms with E-state index in [0.717, 1.165) is 15.4 Å². The summed E-state index contributed by atoms with van der Waals surface area (Å²) in [5.41, 5.74) is 2.17. The Morgan fingerprint density at radius 2 is 1.50 bits per heavy atom. The molecule has 0 aliphatic carbocycles. The Morgan fingerprint density at radius 3 is 2.09 bits per heavy atom. The summed E-state index contributed by atoms with van der Waals surface area (Å²) < 4.78 is 34.9. The first-order chi connectivity index (χ1) is 21.1. The molecule has 0 aliphatic heterocycles. The molecule has 1 N–H and O–H groups in total. The number of nitrogens with one attached hydrogen (secondary N) is 1. The van der Waals surface area contributed by atoms with Crippen molar-refractivity contribution < 1.29 is 22.7 Å². The molecule has 0 aliphatic rings. The van der Waals surface area contributed by atoms with E-state index in [1.165, 1.54) is 31.2 Å². The van der Waals surface area contributed by atoms with E-state index in [2.05, 4.69) is 5.32 Å². The third-order valence-electron chi connectivity index (χ3n) is 7.12. The first kappa shape index (κ1) is 32.9. The van der Waals surface area contributed by atoms with E-state index in [1.807, 2.05) is 37.3 Å². The Kier molecular flexibility index (Phi) is 10.9. The summed E-state index contributed by atoms with van der Waals surface area (Å²) in [5, 5.41) is 3.26. The molecule has 11 heteroatoms. The number of nitrogens with zero attached hydrogens (tertiary/aromatic N) is 2. The smallest absolute Gasteiger partial charge is 0.264 e. The zero-order valence-electron chi connectivity index (χ0n) is 24.5. The minimum atomic E-state index is -4.28. The Balaban J connectivity index is 1.86. The fourth-order valence-electron chi connectivity index (χ4n) is 4.80. The molecule has 4 aromatic rings. The first-order valence-corrected chi connectivity index (χ1v) is 16.0. The van der Waals surface area contributed by atoms with Gasteiger partial charge in [0, 0.05) is 35.6 Å². The number of ether oxygens (including phenoxy) is 1. The summed E-state index contributed by atoms with van der Waals surface area (Å²) in [4.78, 5) is 29.2. The van der Waals surface area contributed by atoms with Crippen LogP contribution in [0.25, 0.3) is 0 Å². The topological polar surface area (TPSA) is 96.0 Å². The van der Waals surface area contributed by atoms with Crippen LogP contribution < -0.4 is 14.4 Å². The Labute approximate surface area is 268 Å². The predicted molar refractivity (Wildman–Crippen MR) is 174 cm³/mol. The summed E-state index contributed by atoms with van der Waals surface area (Å²) in [6.07, 6.45) is 0.160. The predicted octanol–water partition coefficient (Wildman–Crippen LogP) is 5.89. The number of rotatable bonds is 12. The molecular weight excluding hydrogens is 621 g/mol. The highest BCUT2D eigenvalue weighted by molar-refractivity contribution is 7.92. The molecule has 0 spiro atoms. The number of sulfonamides is 1. The van der Waals surface area contributed by atoms with E-state index in [4.69, 9.17) is 27.9 Å². The number of hydrogen-bond acceptors (Lipinski definition) is 5. The largest absolute Gasteiger partial charge is 0.495 e. The van der Waals surface area contributed by atoms with Gasteiger partial charge in [0.1, 0.15) is 18.3 Å². The van der Waals surface area contributed by atoms with Gasteiger partial charge in [0.15, 0.2) is 0 Å².